The molecule has 0 bridgehead atoms. The minimum absolute atomic E-state index is 0.00906. The number of alkyl halides is 3. The topological polar surface area (TPSA) is 17.1 Å². The number of carbonyl (C=O) groups excluding carboxylic acids is 1. The minimum Gasteiger partial charge on any atom is -0.300 e. The highest BCUT2D eigenvalue weighted by molar-refractivity contribution is 5.76. The van der Waals surface area contributed by atoms with Crippen molar-refractivity contribution in [2.75, 3.05) is 0 Å². The Bertz CT molecular complexity index is 379. The Morgan fingerprint density at radius 2 is 1.76 bits per heavy atom. The maximum atomic E-state index is 12.4. The van der Waals surface area contributed by atoms with Gasteiger partial charge in [-0.2, -0.15) is 13.2 Å². The second-order valence-corrected chi connectivity index (χ2v) is 4.13. The third-order valence-electron chi connectivity index (χ3n) is 2.74. The first-order chi connectivity index (χ1) is 7.84. The second-order valence-electron chi connectivity index (χ2n) is 4.13. The number of hydrogen-bond acceptors (Lipinski definition) is 1. The molecule has 0 fully saturated rings. The van der Waals surface area contributed by atoms with Gasteiger partial charge in [0.15, 0.2) is 0 Å². The van der Waals surface area contributed by atoms with E-state index >= 15 is 0 Å². The maximum Gasteiger partial charge on any atom is 0.416 e. The molecular formula is C13H15F3O. The number of rotatable bonds is 4. The molecule has 1 atom stereocenters. The quantitative estimate of drug-likeness (QED) is 0.776. The Labute approximate surface area is 98.6 Å². The first-order valence-electron chi connectivity index (χ1n) is 5.51. The van der Waals surface area contributed by atoms with Crippen molar-refractivity contribution in [3.05, 3.63) is 35.4 Å². The van der Waals surface area contributed by atoms with Gasteiger partial charge >= 0.3 is 6.18 Å². The molecule has 1 rings (SSSR count). The molecule has 0 aliphatic heterocycles. The molecule has 0 unspecified atom stereocenters. The van der Waals surface area contributed by atoms with Crippen molar-refractivity contribution in [3.63, 3.8) is 0 Å². The normalized spacial score (nSPS) is 13.5. The Balaban J connectivity index is 2.89. The Morgan fingerprint density at radius 1 is 1.24 bits per heavy atom. The van der Waals surface area contributed by atoms with Gasteiger partial charge in [-0.15, -0.1) is 0 Å². The maximum absolute atomic E-state index is 12.4. The first-order valence-corrected chi connectivity index (χ1v) is 5.51. The van der Waals surface area contributed by atoms with E-state index in [1.165, 1.54) is 19.1 Å². The lowest BCUT2D eigenvalue weighted by molar-refractivity contribution is -0.137. The molecule has 94 valence electrons. The van der Waals surface area contributed by atoms with E-state index in [-0.39, 0.29) is 11.7 Å². The third kappa shape index (κ3) is 3.88. The van der Waals surface area contributed by atoms with Crippen LogP contribution in [0, 0.1) is 0 Å². The number of ketones is 1. The molecule has 4 heteroatoms. The summed E-state index contributed by atoms with van der Waals surface area (Å²) in [5, 5.41) is 0. The molecule has 0 spiro atoms. The predicted molar refractivity (Wildman–Crippen MR) is 59.8 cm³/mol. The van der Waals surface area contributed by atoms with Crippen LogP contribution in [0.4, 0.5) is 13.2 Å². The van der Waals surface area contributed by atoms with Crippen molar-refractivity contribution >= 4 is 5.78 Å². The van der Waals surface area contributed by atoms with Gasteiger partial charge in [-0.3, -0.25) is 0 Å². The molecule has 0 radical (unpaired) electrons. The summed E-state index contributed by atoms with van der Waals surface area (Å²) in [5.74, 6) is 0.0616. The van der Waals surface area contributed by atoms with Crippen molar-refractivity contribution in [1.82, 2.24) is 0 Å². The van der Waals surface area contributed by atoms with E-state index in [0.29, 0.717) is 6.42 Å². The largest absolute Gasteiger partial charge is 0.416 e. The molecular weight excluding hydrogens is 229 g/mol. The van der Waals surface area contributed by atoms with E-state index in [0.717, 1.165) is 24.1 Å². The van der Waals surface area contributed by atoms with Crippen molar-refractivity contribution in [2.45, 2.75) is 38.8 Å². The van der Waals surface area contributed by atoms with Crippen molar-refractivity contribution < 1.29 is 18.0 Å². The predicted octanol–water partition coefficient (Wildman–Crippen LogP) is 4.18. The Kier molecular flexibility index (Phi) is 4.32. The summed E-state index contributed by atoms with van der Waals surface area (Å²) in [6, 6.07) is 5.05. The van der Waals surface area contributed by atoms with Crippen LogP contribution in [0.3, 0.4) is 0 Å². The van der Waals surface area contributed by atoms with E-state index in [2.05, 4.69) is 0 Å². The molecule has 0 saturated heterocycles. The molecule has 17 heavy (non-hydrogen) atoms. The standard InChI is InChI=1S/C13H15F3O/c1-3-10(8-9(2)17)11-4-6-12(7-5-11)13(14,15)16/h4-7,10H,3,8H2,1-2H3/t10-/m0/s1. The molecule has 0 saturated carbocycles. The number of benzene rings is 1. The van der Waals surface area contributed by atoms with E-state index < -0.39 is 11.7 Å². The van der Waals surface area contributed by atoms with E-state index in [1.807, 2.05) is 6.92 Å². The molecule has 0 N–H and O–H groups in total. The van der Waals surface area contributed by atoms with Crippen LogP contribution in [0.15, 0.2) is 24.3 Å². The Hall–Kier alpha value is -1.32. The molecule has 0 aliphatic rings. The number of carbonyl (C=O) groups is 1. The highest BCUT2D eigenvalue weighted by Crippen LogP contribution is 2.31. The zero-order chi connectivity index (χ0) is 13.1. The van der Waals surface area contributed by atoms with Gasteiger partial charge in [-0.1, -0.05) is 19.1 Å². The summed E-state index contributed by atoms with van der Waals surface area (Å²) < 4.78 is 37.1. The van der Waals surface area contributed by atoms with Crippen LogP contribution in [-0.4, -0.2) is 5.78 Å². The fourth-order valence-electron chi connectivity index (χ4n) is 1.79. The number of Topliss-reactive ketones (excluding diaryl/α,β-unsaturated/α-hetero) is 1. The molecule has 0 amide bonds. The van der Waals surface area contributed by atoms with Gasteiger partial charge in [0, 0.05) is 6.42 Å². The lowest BCUT2D eigenvalue weighted by Gasteiger charge is -2.14. The van der Waals surface area contributed by atoms with Gasteiger partial charge in [0.05, 0.1) is 5.56 Å². The smallest absolute Gasteiger partial charge is 0.300 e. The summed E-state index contributed by atoms with van der Waals surface area (Å²) >= 11 is 0. The minimum atomic E-state index is -4.30. The average Bonchev–Trinajstić information content (AvgIpc) is 2.24. The first kappa shape index (κ1) is 13.7. The second kappa shape index (κ2) is 5.34. The van der Waals surface area contributed by atoms with Gasteiger partial charge in [-0.05, 0) is 37.0 Å². The monoisotopic (exact) mass is 244 g/mol. The van der Waals surface area contributed by atoms with Crippen LogP contribution in [0.5, 0.6) is 0 Å². The summed E-state index contributed by atoms with van der Waals surface area (Å²) in [6.07, 6.45) is -3.19. The van der Waals surface area contributed by atoms with E-state index in [4.69, 9.17) is 0 Å². The van der Waals surface area contributed by atoms with Crippen LogP contribution in [0.2, 0.25) is 0 Å². The summed E-state index contributed by atoms with van der Waals surface area (Å²) in [4.78, 5) is 11.0. The van der Waals surface area contributed by atoms with Crippen molar-refractivity contribution in [3.8, 4) is 0 Å². The van der Waals surface area contributed by atoms with Crippen LogP contribution in [-0.2, 0) is 11.0 Å². The molecule has 0 aliphatic carbocycles. The fourth-order valence-corrected chi connectivity index (χ4v) is 1.79. The molecule has 1 nitrogen and oxygen atoms in total. The zero-order valence-corrected chi connectivity index (χ0v) is 9.84. The van der Waals surface area contributed by atoms with Crippen LogP contribution in [0.25, 0.3) is 0 Å². The van der Waals surface area contributed by atoms with Crippen LogP contribution >= 0.6 is 0 Å². The number of halogens is 3. The van der Waals surface area contributed by atoms with Gasteiger partial charge in [0.2, 0.25) is 0 Å². The van der Waals surface area contributed by atoms with Crippen LogP contribution < -0.4 is 0 Å². The molecule has 1 aromatic rings. The third-order valence-corrected chi connectivity index (χ3v) is 2.74. The highest BCUT2D eigenvalue weighted by Gasteiger charge is 2.30. The lowest BCUT2D eigenvalue weighted by atomic mass is 9.91. The highest BCUT2D eigenvalue weighted by atomic mass is 19.4. The zero-order valence-electron chi connectivity index (χ0n) is 9.84. The Morgan fingerprint density at radius 3 is 2.12 bits per heavy atom. The van der Waals surface area contributed by atoms with Gasteiger partial charge in [-0.25, -0.2) is 0 Å². The van der Waals surface area contributed by atoms with Gasteiger partial charge in [0.1, 0.15) is 5.78 Å². The van der Waals surface area contributed by atoms with Gasteiger partial charge < -0.3 is 4.79 Å². The summed E-state index contributed by atoms with van der Waals surface area (Å²) in [6.45, 7) is 3.41. The van der Waals surface area contributed by atoms with Crippen molar-refractivity contribution in [2.24, 2.45) is 0 Å². The average molecular weight is 244 g/mol. The number of hydrogen-bond donors (Lipinski definition) is 0. The molecule has 0 aromatic heterocycles. The SMILES string of the molecule is CC[C@@H](CC(C)=O)c1ccc(C(F)(F)F)cc1. The van der Waals surface area contributed by atoms with Crippen LogP contribution in [0.1, 0.15) is 43.7 Å². The lowest BCUT2D eigenvalue weighted by Crippen LogP contribution is -2.07. The van der Waals surface area contributed by atoms with Crippen molar-refractivity contribution in [1.29, 1.82) is 0 Å². The fraction of sp³-hybridized carbons (Fsp3) is 0.462. The molecule has 0 heterocycles. The summed E-state index contributed by atoms with van der Waals surface area (Å²) in [7, 11) is 0. The summed E-state index contributed by atoms with van der Waals surface area (Å²) in [5.41, 5.74) is 0.134. The molecule has 1 aromatic carbocycles. The van der Waals surface area contributed by atoms with E-state index in [9.17, 15) is 18.0 Å². The van der Waals surface area contributed by atoms with Gasteiger partial charge in [0.25, 0.3) is 0 Å². The van der Waals surface area contributed by atoms with E-state index in [1.54, 1.807) is 0 Å².